The third kappa shape index (κ3) is 3.25. The van der Waals surface area contributed by atoms with Gasteiger partial charge in [-0.05, 0) is 61.1 Å². The highest BCUT2D eigenvalue weighted by atomic mass is 16.5. The quantitative estimate of drug-likeness (QED) is 0.752. The van der Waals surface area contributed by atoms with E-state index in [9.17, 15) is 4.79 Å². The van der Waals surface area contributed by atoms with Crippen LogP contribution in [0.4, 0.5) is 0 Å². The van der Waals surface area contributed by atoms with Crippen molar-refractivity contribution in [3.05, 3.63) is 65.1 Å². The molecular weight excluding hydrogens is 328 g/mol. The first-order valence-electron chi connectivity index (χ1n) is 8.96. The molecule has 3 aromatic rings. The Balaban J connectivity index is 1.69. The fourth-order valence-corrected chi connectivity index (χ4v) is 3.48. The third-order valence-corrected chi connectivity index (χ3v) is 4.85. The molecule has 1 N–H and O–H groups in total. The molecule has 0 unspecified atom stereocenters. The maximum absolute atomic E-state index is 11.9. The minimum Gasteiger partial charge on any atom is -0.493 e. The molecule has 134 valence electrons. The van der Waals surface area contributed by atoms with Gasteiger partial charge in [0.2, 0.25) is 0 Å². The molecular formula is C21H22N2O3. The Morgan fingerprint density at radius 3 is 2.54 bits per heavy atom. The van der Waals surface area contributed by atoms with Gasteiger partial charge in [0.15, 0.2) is 11.5 Å². The monoisotopic (exact) mass is 350 g/mol. The first kappa shape index (κ1) is 16.5. The molecule has 1 aliphatic rings. The van der Waals surface area contributed by atoms with Gasteiger partial charge in [0.1, 0.15) is 0 Å². The van der Waals surface area contributed by atoms with Crippen LogP contribution in [0.5, 0.6) is 11.5 Å². The van der Waals surface area contributed by atoms with Gasteiger partial charge in [0.25, 0.3) is 5.56 Å². The molecule has 5 heteroatoms. The van der Waals surface area contributed by atoms with E-state index < -0.39 is 0 Å². The second kappa shape index (κ2) is 7.12. The van der Waals surface area contributed by atoms with Crippen LogP contribution >= 0.6 is 0 Å². The van der Waals surface area contributed by atoms with Gasteiger partial charge in [-0.25, -0.2) is 4.68 Å². The van der Waals surface area contributed by atoms with E-state index in [4.69, 9.17) is 9.47 Å². The normalized spacial score (nSPS) is 14.5. The van der Waals surface area contributed by atoms with Crippen LogP contribution in [0, 0.1) is 0 Å². The number of ether oxygens (including phenoxy) is 2. The maximum Gasteiger partial charge on any atom is 0.271 e. The van der Waals surface area contributed by atoms with Crippen molar-refractivity contribution >= 4 is 0 Å². The first-order chi connectivity index (χ1) is 12.7. The van der Waals surface area contributed by atoms with E-state index in [0.717, 1.165) is 41.2 Å². The Kier molecular flexibility index (Phi) is 4.52. The topological polar surface area (TPSA) is 56.2 Å². The largest absolute Gasteiger partial charge is 0.493 e. The van der Waals surface area contributed by atoms with Gasteiger partial charge in [0, 0.05) is 12.3 Å². The highest BCUT2D eigenvalue weighted by Crippen LogP contribution is 2.35. The minimum atomic E-state index is -0.0814. The van der Waals surface area contributed by atoms with Crippen LogP contribution in [-0.4, -0.2) is 23.0 Å². The molecule has 0 saturated heterocycles. The van der Waals surface area contributed by atoms with Crippen LogP contribution < -0.4 is 15.0 Å². The van der Waals surface area contributed by atoms with E-state index in [1.807, 2.05) is 42.5 Å². The Morgan fingerprint density at radius 2 is 1.81 bits per heavy atom. The number of aromatic amines is 1. The van der Waals surface area contributed by atoms with Crippen LogP contribution in [-0.2, 0) is 0 Å². The van der Waals surface area contributed by atoms with Gasteiger partial charge >= 0.3 is 0 Å². The molecule has 1 fully saturated rings. The average Bonchev–Trinajstić information content (AvgIpc) is 3.33. The second-order valence-electron chi connectivity index (χ2n) is 6.58. The summed E-state index contributed by atoms with van der Waals surface area (Å²) in [5.41, 5.74) is 2.76. The van der Waals surface area contributed by atoms with Crippen molar-refractivity contribution in [3.63, 3.8) is 0 Å². The number of hydrogen-bond donors (Lipinski definition) is 1. The fourth-order valence-electron chi connectivity index (χ4n) is 3.48. The van der Waals surface area contributed by atoms with Crippen LogP contribution in [0.3, 0.4) is 0 Å². The molecule has 0 atom stereocenters. The molecule has 0 amide bonds. The predicted molar refractivity (Wildman–Crippen MR) is 101 cm³/mol. The minimum absolute atomic E-state index is 0.0814. The summed E-state index contributed by atoms with van der Waals surface area (Å²) in [4.78, 5) is 11.9. The highest BCUT2D eigenvalue weighted by molar-refractivity contribution is 5.69. The smallest absolute Gasteiger partial charge is 0.271 e. The van der Waals surface area contributed by atoms with E-state index in [1.54, 1.807) is 13.3 Å². The van der Waals surface area contributed by atoms with Crippen LogP contribution in [0.25, 0.3) is 16.8 Å². The van der Waals surface area contributed by atoms with Crippen molar-refractivity contribution in [2.45, 2.75) is 31.8 Å². The molecule has 5 nitrogen and oxygen atoms in total. The Labute approximate surface area is 152 Å². The lowest BCUT2D eigenvalue weighted by molar-refractivity contribution is 0.201. The molecule has 1 heterocycles. The zero-order chi connectivity index (χ0) is 17.9. The summed E-state index contributed by atoms with van der Waals surface area (Å²) in [5, 5.41) is 2.94. The summed E-state index contributed by atoms with van der Waals surface area (Å²) in [5.74, 6) is 1.52. The fraction of sp³-hybridized carbons (Fsp3) is 0.286. The number of nitrogens with zero attached hydrogens (tertiary/aromatic N) is 1. The number of nitrogens with one attached hydrogen (secondary N) is 1. The second-order valence-corrected chi connectivity index (χ2v) is 6.58. The first-order valence-corrected chi connectivity index (χ1v) is 8.96. The van der Waals surface area contributed by atoms with Crippen molar-refractivity contribution < 1.29 is 9.47 Å². The Hall–Kier alpha value is -2.95. The van der Waals surface area contributed by atoms with E-state index in [2.05, 4.69) is 5.10 Å². The average molecular weight is 350 g/mol. The molecule has 4 rings (SSSR count). The summed E-state index contributed by atoms with van der Waals surface area (Å²) in [6, 6.07) is 15.3. The maximum atomic E-state index is 11.9. The SMILES string of the molecule is COc1ccc(-c2cccc(-n3[nH]ccc3=O)c2)cc1OC1CCCC1. The lowest BCUT2D eigenvalue weighted by Crippen LogP contribution is -2.13. The molecule has 26 heavy (non-hydrogen) atoms. The van der Waals surface area contributed by atoms with Crippen molar-refractivity contribution in [1.82, 2.24) is 9.78 Å². The van der Waals surface area contributed by atoms with E-state index in [1.165, 1.54) is 23.6 Å². The van der Waals surface area contributed by atoms with Crippen molar-refractivity contribution in [3.8, 4) is 28.3 Å². The van der Waals surface area contributed by atoms with Crippen molar-refractivity contribution in [2.75, 3.05) is 7.11 Å². The lowest BCUT2D eigenvalue weighted by Gasteiger charge is -2.17. The third-order valence-electron chi connectivity index (χ3n) is 4.85. The molecule has 1 aliphatic carbocycles. The summed E-state index contributed by atoms with van der Waals surface area (Å²) >= 11 is 0. The molecule has 0 spiro atoms. The zero-order valence-electron chi connectivity index (χ0n) is 14.8. The van der Waals surface area contributed by atoms with Gasteiger partial charge < -0.3 is 9.47 Å². The Bertz CT molecular complexity index is 952. The van der Waals surface area contributed by atoms with E-state index in [-0.39, 0.29) is 11.7 Å². The number of benzene rings is 2. The summed E-state index contributed by atoms with van der Waals surface area (Å²) in [6.45, 7) is 0. The van der Waals surface area contributed by atoms with Crippen molar-refractivity contribution in [2.24, 2.45) is 0 Å². The lowest BCUT2D eigenvalue weighted by atomic mass is 10.0. The molecule has 1 saturated carbocycles. The zero-order valence-corrected chi connectivity index (χ0v) is 14.8. The van der Waals surface area contributed by atoms with Gasteiger partial charge in [-0.15, -0.1) is 0 Å². The van der Waals surface area contributed by atoms with Gasteiger partial charge in [0.05, 0.1) is 18.9 Å². The van der Waals surface area contributed by atoms with Crippen LogP contribution in [0.1, 0.15) is 25.7 Å². The summed E-state index contributed by atoms with van der Waals surface area (Å²) in [6.07, 6.45) is 6.54. The van der Waals surface area contributed by atoms with Gasteiger partial charge in [-0.2, -0.15) is 0 Å². The Morgan fingerprint density at radius 1 is 1.00 bits per heavy atom. The summed E-state index contributed by atoms with van der Waals surface area (Å²) < 4.78 is 13.2. The predicted octanol–water partition coefficient (Wildman–Crippen LogP) is 4.16. The number of methoxy groups -OCH3 is 1. The van der Waals surface area contributed by atoms with Crippen molar-refractivity contribution in [1.29, 1.82) is 0 Å². The molecule has 0 bridgehead atoms. The number of rotatable bonds is 5. The molecule has 0 radical (unpaired) electrons. The number of aromatic nitrogens is 2. The molecule has 0 aliphatic heterocycles. The summed E-state index contributed by atoms with van der Waals surface area (Å²) in [7, 11) is 1.66. The van der Waals surface area contributed by atoms with Gasteiger partial charge in [-0.3, -0.25) is 9.89 Å². The van der Waals surface area contributed by atoms with Crippen LogP contribution in [0.15, 0.2) is 59.5 Å². The van der Waals surface area contributed by atoms with Crippen LogP contribution in [0.2, 0.25) is 0 Å². The van der Waals surface area contributed by atoms with E-state index in [0.29, 0.717) is 0 Å². The van der Waals surface area contributed by atoms with Gasteiger partial charge in [-0.1, -0.05) is 18.2 Å². The molecule has 2 aromatic carbocycles. The molecule has 1 aromatic heterocycles. The standard InChI is InChI=1S/C21H22N2O3/c1-25-19-10-9-16(14-20(19)26-18-7-2-3-8-18)15-5-4-6-17(13-15)23-21(24)11-12-22-23/h4-6,9-14,18,22H,2-3,7-8H2,1H3. The number of H-pyrrole nitrogens is 1. The van der Waals surface area contributed by atoms with E-state index >= 15 is 0 Å². The highest BCUT2D eigenvalue weighted by Gasteiger charge is 2.19. The number of hydrogen-bond acceptors (Lipinski definition) is 3.